The van der Waals surface area contributed by atoms with Crippen molar-refractivity contribution in [1.82, 2.24) is 15.0 Å². The van der Waals surface area contributed by atoms with Crippen molar-refractivity contribution in [3.05, 3.63) is 34.7 Å². The van der Waals surface area contributed by atoms with Crippen molar-refractivity contribution < 1.29 is 0 Å². The van der Waals surface area contributed by atoms with E-state index in [1.807, 2.05) is 17.9 Å². The van der Waals surface area contributed by atoms with Crippen molar-refractivity contribution in [2.75, 3.05) is 5.32 Å². The number of thiazole rings is 1. The molecule has 0 saturated carbocycles. The zero-order valence-corrected chi connectivity index (χ0v) is 13.5. The molecule has 0 bridgehead atoms. The Balaban J connectivity index is 1.96. The third-order valence-corrected chi connectivity index (χ3v) is 4.67. The molecular formula is C16H20N4S. The van der Waals surface area contributed by atoms with Crippen LogP contribution >= 0.6 is 11.3 Å². The Hall–Kier alpha value is -1.88. The normalized spacial score (nSPS) is 11.2. The summed E-state index contributed by atoms with van der Waals surface area (Å²) in [6.07, 6.45) is 7.37. The second-order valence-electron chi connectivity index (χ2n) is 5.35. The Kier molecular flexibility index (Phi) is 3.92. The number of hydrogen-bond donors (Lipinski definition) is 2. The zero-order chi connectivity index (χ0) is 14.8. The number of anilines is 2. The third-order valence-electron chi connectivity index (χ3n) is 3.81. The molecule has 0 amide bonds. The molecule has 0 radical (unpaired) electrons. The molecule has 0 atom stereocenters. The summed E-state index contributed by atoms with van der Waals surface area (Å²) >= 11 is 1.65. The van der Waals surface area contributed by atoms with Gasteiger partial charge in [0.05, 0.1) is 15.9 Å². The number of aromatic nitrogens is 3. The van der Waals surface area contributed by atoms with E-state index in [0.717, 1.165) is 17.8 Å². The summed E-state index contributed by atoms with van der Waals surface area (Å²) in [7, 11) is 0. The molecule has 0 fully saturated rings. The topological polar surface area (TPSA) is 53.6 Å². The molecule has 4 nitrogen and oxygen atoms in total. The number of fused-ring (bicyclic) bond motifs is 1. The maximum Gasteiger partial charge on any atom is 0.150 e. The van der Waals surface area contributed by atoms with Gasteiger partial charge in [0.1, 0.15) is 0 Å². The Bertz CT molecular complexity index is 757. The Morgan fingerprint density at radius 2 is 2.14 bits per heavy atom. The number of nitrogens with zero attached hydrogens (tertiary/aromatic N) is 2. The average Bonchev–Trinajstić information content (AvgIpc) is 3.07. The monoisotopic (exact) mass is 300 g/mol. The van der Waals surface area contributed by atoms with Crippen LogP contribution in [0, 0.1) is 13.8 Å². The molecule has 0 saturated heterocycles. The lowest BCUT2D eigenvalue weighted by Gasteiger charge is -2.14. The second kappa shape index (κ2) is 5.85. The molecule has 0 aliphatic rings. The smallest absolute Gasteiger partial charge is 0.150 e. The fourth-order valence-electron chi connectivity index (χ4n) is 2.54. The van der Waals surface area contributed by atoms with Gasteiger partial charge in [0.2, 0.25) is 0 Å². The fourth-order valence-corrected chi connectivity index (χ4v) is 3.26. The van der Waals surface area contributed by atoms with Crippen molar-refractivity contribution in [1.29, 1.82) is 0 Å². The van der Waals surface area contributed by atoms with Crippen molar-refractivity contribution in [3.63, 3.8) is 0 Å². The van der Waals surface area contributed by atoms with E-state index < -0.39 is 0 Å². The van der Waals surface area contributed by atoms with E-state index in [9.17, 15) is 0 Å². The van der Waals surface area contributed by atoms with E-state index in [1.54, 1.807) is 11.3 Å². The van der Waals surface area contributed by atoms with Crippen LogP contribution in [-0.4, -0.2) is 15.0 Å². The van der Waals surface area contributed by atoms with Crippen molar-refractivity contribution in [2.45, 2.75) is 40.0 Å². The highest BCUT2D eigenvalue weighted by atomic mass is 32.1. The van der Waals surface area contributed by atoms with Crippen LogP contribution < -0.4 is 5.32 Å². The Morgan fingerprint density at radius 3 is 2.95 bits per heavy atom. The Morgan fingerprint density at radius 1 is 1.29 bits per heavy atom. The van der Waals surface area contributed by atoms with E-state index in [0.29, 0.717) is 0 Å². The average molecular weight is 300 g/mol. The van der Waals surface area contributed by atoms with Gasteiger partial charge in [0, 0.05) is 23.8 Å². The predicted molar refractivity (Wildman–Crippen MR) is 89.6 cm³/mol. The highest BCUT2D eigenvalue weighted by Gasteiger charge is 2.12. The van der Waals surface area contributed by atoms with E-state index in [2.05, 4.69) is 41.0 Å². The molecule has 3 aromatic rings. The minimum Gasteiger partial charge on any atom is -0.353 e. The number of rotatable bonds is 5. The molecule has 3 rings (SSSR count). The fraction of sp³-hybridized carbons (Fsp3) is 0.375. The van der Waals surface area contributed by atoms with Crippen molar-refractivity contribution >= 4 is 33.1 Å². The number of aromatic amines is 1. The summed E-state index contributed by atoms with van der Waals surface area (Å²) in [4.78, 5) is 12.1. The Labute approximate surface area is 128 Å². The van der Waals surface area contributed by atoms with Gasteiger partial charge in [0.25, 0.3) is 0 Å². The summed E-state index contributed by atoms with van der Waals surface area (Å²) in [5, 5.41) is 3.57. The predicted octanol–water partition coefficient (Wildman–Crippen LogP) is 4.72. The van der Waals surface area contributed by atoms with Gasteiger partial charge in [-0.05, 0) is 37.8 Å². The molecule has 3 heterocycles. The highest BCUT2D eigenvalue weighted by Crippen LogP contribution is 2.32. The van der Waals surface area contributed by atoms with Gasteiger partial charge in [-0.2, -0.15) is 0 Å². The molecule has 0 spiro atoms. The molecule has 3 aromatic heterocycles. The molecule has 0 unspecified atom stereocenters. The first kappa shape index (κ1) is 14.1. The molecule has 2 N–H and O–H groups in total. The van der Waals surface area contributed by atoms with Crippen LogP contribution in [-0.2, 0) is 6.42 Å². The number of pyridine rings is 1. The maximum atomic E-state index is 4.60. The van der Waals surface area contributed by atoms with Crippen molar-refractivity contribution in [3.8, 4) is 0 Å². The first-order chi connectivity index (χ1) is 10.2. The summed E-state index contributed by atoms with van der Waals surface area (Å²) in [5.74, 6) is 0. The van der Waals surface area contributed by atoms with Crippen LogP contribution in [0.15, 0.2) is 17.9 Å². The van der Waals surface area contributed by atoms with Crippen LogP contribution in [0.5, 0.6) is 0 Å². The number of H-pyrrole nitrogens is 1. The quantitative estimate of drug-likeness (QED) is 0.716. The molecule has 0 aliphatic carbocycles. The van der Waals surface area contributed by atoms with Crippen LogP contribution in [0.3, 0.4) is 0 Å². The SMILES string of the molecule is CCCCc1ncc(C)c(Nc2c[nH]c3ncsc23)c1C. The summed E-state index contributed by atoms with van der Waals surface area (Å²) < 4.78 is 1.17. The van der Waals surface area contributed by atoms with Crippen LogP contribution in [0.25, 0.3) is 10.3 Å². The lowest BCUT2D eigenvalue weighted by atomic mass is 10.0. The highest BCUT2D eigenvalue weighted by molar-refractivity contribution is 7.17. The second-order valence-corrected chi connectivity index (χ2v) is 6.20. The van der Waals surface area contributed by atoms with E-state index in [4.69, 9.17) is 0 Å². The molecular weight excluding hydrogens is 280 g/mol. The maximum absolute atomic E-state index is 4.60. The lowest BCUT2D eigenvalue weighted by molar-refractivity contribution is 0.771. The summed E-state index contributed by atoms with van der Waals surface area (Å²) in [6, 6.07) is 0. The summed E-state index contributed by atoms with van der Waals surface area (Å²) in [5.41, 5.74) is 8.69. The van der Waals surface area contributed by atoms with Crippen LogP contribution in [0.4, 0.5) is 11.4 Å². The van der Waals surface area contributed by atoms with Crippen molar-refractivity contribution in [2.24, 2.45) is 0 Å². The molecule has 5 heteroatoms. The van der Waals surface area contributed by atoms with Gasteiger partial charge in [0.15, 0.2) is 5.65 Å². The molecule has 110 valence electrons. The van der Waals surface area contributed by atoms with E-state index in [1.165, 1.54) is 40.0 Å². The molecule has 21 heavy (non-hydrogen) atoms. The number of aryl methyl sites for hydroxylation is 2. The largest absolute Gasteiger partial charge is 0.353 e. The van der Waals surface area contributed by atoms with Gasteiger partial charge in [-0.25, -0.2) is 4.98 Å². The minimum absolute atomic E-state index is 0.943. The van der Waals surface area contributed by atoms with Gasteiger partial charge >= 0.3 is 0 Å². The van der Waals surface area contributed by atoms with Gasteiger partial charge in [-0.1, -0.05) is 13.3 Å². The van der Waals surface area contributed by atoms with Gasteiger partial charge in [-0.3, -0.25) is 4.98 Å². The van der Waals surface area contributed by atoms with E-state index >= 15 is 0 Å². The number of unbranched alkanes of at least 4 members (excludes halogenated alkanes) is 1. The lowest BCUT2D eigenvalue weighted by Crippen LogP contribution is -2.02. The van der Waals surface area contributed by atoms with Gasteiger partial charge < -0.3 is 10.3 Å². The minimum atomic E-state index is 0.943. The summed E-state index contributed by atoms with van der Waals surface area (Å²) in [6.45, 7) is 6.47. The van der Waals surface area contributed by atoms with Crippen LogP contribution in [0.2, 0.25) is 0 Å². The first-order valence-corrected chi connectivity index (χ1v) is 8.21. The standard InChI is InChI=1S/C16H20N4S/c1-4-5-6-12-11(3)14(10(2)7-17-12)20-13-8-18-16-15(13)21-9-19-16/h7-9,18H,4-6H2,1-3H3,(H,17,20). The first-order valence-electron chi connectivity index (χ1n) is 7.33. The van der Waals surface area contributed by atoms with Gasteiger partial charge in [-0.15, -0.1) is 11.3 Å². The molecule has 0 aromatic carbocycles. The third kappa shape index (κ3) is 2.65. The number of nitrogens with one attached hydrogen (secondary N) is 2. The number of hydrogen-bond acceptors (Lipinski definition) is 4. The van der Waals surface area contributed by atoms with E-state index in [-0.39, 0.29) is 0 Å². The zero-order valence-electron chi connectivity index (χ0n) is 12.7. The van der Waals surface area contributed by atoms with Crippen LogP contribution in [0.1, 0.15) is 36.6 Å². The molecule has 0 aliphatic heterocycles.